The SMILES string of the molecule is CSCc1nc(Cl)cc(C2CCCC2)n1. The molecule has 2 rings (SSSR count). The van der Waals surface area contributed by atoms with Crippen molar-refractivity contribution in [1.29, 1.82) is 0 Å². The van der Waals surface area contributed by atoms with Gasteiger partial charge in [-0.1, -0.05) is 24.4 Å². The maximum atomic E-state index is 6.00. The average molecular weight is 243 g/mol. The van der Waals surface area contributed by atoms with Crippen LogP contribution in [-0.2, 0) is 5.75 Å². The Morgan fingerprint density at radius 3 is 2.80 bits per heavy atom. The number of halogens is 1. The van der Waals surface area contributed by atoms with Crippen molar-refractivity contribution in [1.82, 2.24) is 9.97 Å². The van der Waals surface area contributed by atoms with E-state index in [9.17, 15) is 0 Å². The van der Waals surface area contributed by atoms with E-state index in [1.807, 2.05) is 6.07 Å². The van der Waals surface area contributed by atoms with Gasteiger partial charge in [0.15, 0.2) is 0 Å². The molecule has 1 heterocycles. The second-order valence-electron chi connectivity index (χ2n) is 3.95. The second kappa shape index (κ2) is 5.17. The molecule has 1 aromatic heterocycles. The average Bonchev–Trinajstić information content (AvgIpc) is 2.70. The van der Waals surface area contributed by atoms with Gasteiger partial charge in [0.2, 0.25) is 0 Å². The standard InChI is InChI=1S/C11H15ClN2S/c1-15-7-11-13-9(6-10(12)14-11)8-4-2-3-5-8/h6,8H,2-5,7H2,1H3. The van der Waals surface area contributed by atoms with Gasteiger partial charge in [-0.05, 0) is 25.2 Å². The van der Waals surface area contributed by atoms with E-state index >= 15 is 0 Å². The predicted molar refractivity (Wildman–Crippen MR) is 65.5 cm³/mol. The fraction of sp³-hybridized carbons (Fsp3) is 0.636. The van der Waals surface area contributed by atoms with Crippen LogP contribution >= 0.6 is 23.4 Å². The lowest BCUT2D eigenvalue weighted by atomic mass is 10.0. The first kappa shape index (κ1) is 11.2. The number of thioether (sulfide) groups is 1. The zero-order chi connectivity index (χ0) is 10.7. The van der Waals surface area contributed by atoms with Gasteiger partial charge in [-0.15, -0.1) is 0 Å². The van der Waals surface area contributed by atoms with Crippen molar-refractivity contribution in [3.05, 3.63) is 22.7 Å². The van der Waals surface area contributed by atoms with E-state index < -0.39 is 0 Å². The normalized spacial score (nSPS) is 17.2. The number of hydrogen-bond donors (Lipinski definition) is 0. The zero-order valence-electron chi connectivity index (χ0n) is 8.87. The maximum absolute atomic E-state index is 6.00. The molecule has 0 amide bonds. The van der Waals surface area contributed by atoms with Crippen LogP contribution in [0.25, 0.3) is 0 Å². The minimum atomic E-state index is 0.593. The fourth-order valence-electron chi connectivity index (χ4n) is 2.11. The van der Waals surface area contributed by atoms with Gasteiger partial charge in [-0.3, -0.25) is 0 Å². The second-order valence-corrected chi connectivity index (χ2v) is 5.20. The molecule has 0 aliphatic heterocycles. The zero-order valence-corrected chi connectivity index (χ0v) is 10.4. The van der Waals surface area contributed by atoms with Crippen LogP contribution < -0.4 is 0 Å². The molecule has 4 heteroatoms. The molecule has 0 aromatic carbocycles. The predicted octanol–water partition coefficient (Wildman–Crippen LogP) is 3.65. The fourth-order valence-corrected chi connectivity index (χ4v) is 2.70. The van der Waals surface area contributed by atoms with Crippen LogP contribution in [0, 0.1) is 0 Å². The summed E-state index contributed by atoms with van der Waals surface area (Å²) in [7, 11) is 0. The van der Waals surface area contributed by atoms with Crippen LogP contribution in [0.4, 0.5) is 0 Å². The van der Waals surface area contributed by atoms with E-state index in [-0.39, 0.29) is 0 Å². The molecule has 82 valence electrons. The summed E-state index contributed by atoms with van der Waals surface area (Å²) in [5, 5.41) is 0.593. The topological polar surface area (TPSA) is 25.8 Å². The first-order valence-electron chi connectivity index (χ1n) is 5.32. The smallest absolute Gasteiger partial charge is 0.140 e. The summed E-state index contributed by atoms with van der Waals surface area (Å²) in [5.41, 5.74) is 1.15. The number of aromatic nitrogens is 2. The van der Waals surface area contributed by atoms with Gasteiger partial charge in [-0.25, -0.2) is 9.97 Å². The summed E-state index contributed by atoms with van der Waals surface area (Å²) in [6.07, 6.45) is 7.21. The number of nitrogens with zero attached hydrogens (tertiary/aromatic N) is 2. The Bertz CT molecular complexity index is 337. The minimum Gasteiger partial charge on any atom is -0.237 e. The molecular formula is C11H15ClN2S. The highest BCUT2D eigenvalue weighted by Gasteiger charge is 2.19. The molecule has 0 bridgehead atoms. The lowest BCUT2D eigenvalue weighted by Gasteiger charge is -2.09. The summed E-state index contributed by atoms with van der Waals surface area (Å²) >= 11 is 7.73. The summed E-state index contributed by atoms with van der Waals surface area (Å²) in [4.78, 5) is 8.82. The van der Waals surface area contributed by atoms with E-state index in [2.05, 4.69) is 16.2 Å². The third kappa shape index (κ3) is 2.85. The van der Waals surface area contributed by atoms with Crippen LogP contribution in [-0.4, -0.2) is 16.2 Å². The third-order valence-corrected chi connectivity index (χ3v) is 3.55. The Morgan fingerprint density at radius 1 is 1.40 bits per heavy atom. The Labute approximate surface area is 99.8 Å². The van der Waals surface area contributed by atoms with Gasteiger partial charge in [0, 0.05) is 11.6 Å². The van der Waals surface area contributed by atoms with Crippen molar-refractivity contribution in [2.75, 3.05) is 6.26 Å². The van der Waals surface area contributed by atoms with E-state index in [0.29, 0.717) is 11.1 Å². The third-order valence-electron chi connectivity index (χ3n) is 2.81. The van der Waals surface area contributed by atoms with Crippen molar-refractivity contribution >= 4 is 23.4 Å². The van der Waals surface area contributed by atoms with E-state index in [1.54, 1.807) is 11.8 Å². The summed E-state index contributed by atoms with van der Waals surface area (Å²) in [6.45, 7) is 0. The Hall–Kier alpha value is -0.280. The molecule has 2 nitrogen and oxygen atoms in total. The van der Waals surface area contributed by atoms with Gasteiger partial charge in [0.25, 0.3) is 0 Å². The molecule has 1 aliphatic carbocycles. The minimum absolute atomic E-state index is 0.593. The molecule has 0 saturated heterocycles. The van der Waals surface area contributed by atoms with Crippen LogP contribution in [0.3, 0.4) is 0 Å². The molecule has 0 unspecified atom stereocenters. The highest BCUT2D eigenvalue weighted by Crippen LogP contribution is 2.33. The Morgan fingerprint density at radius 2 is 2.13 bits per heavy atom. The Kier molecular flexibility index (Phi) is 3.87. The van der Waals surface area contributed by atoms with Gasteiger partial charge in [0.1, 0.15) is 11.0 Å². The van der Waals surface area contributed by atoms with Crippen LogP contribution in [0.5, 0.6) is 0 Å². The van der Waals surface area contributed by atoms with Crippen molar-refractivity contribution < 1.29 is 0 Å². The van der Waals surface area contributed by atoms with E-state index in [0.717, 1.165) is 17.3 Å². The lowest BCUT2D eigenvalue weighted by Crippen LogP contribution is -2.02. The Balaban J connectivity index is 2.22. The van der Waals surface area contributed by atoms with Crippen molar-refractivity contribution in [3.63, 3.8) is 0 Å². The van der Waals surface area contributed by atoms with Crippen LogP contribution in [0.2, 0.25) is 5.15 Å². The molecule has 1 saturated carbocycles. The van der Waals surface area contributed by atoms with Gasteiger partial charge >= 0.3 is 0 Å². The van der Waals surface area contributed by atoms with E-state index in [1.165, 1.54) is 25.7 Å². The first-order chi connectivity index (χ1) is 7.29. The molecular weight excluding hydrogens is 228 g/mol. The van der Waals surface area contributed by atoms with Gasteiger partial charge in [-0.2, -0.15) is 11.8 Å². The van der Waals surface area contributed by atoms with Crippen molar-refractivity contribution in [2.24, 2.45) is 0 Å². The van der Waals surface area contributed by atoms with Crippen LogP contribution in [0.15, 0.2) is 6.07 Å². The molecule has 1 fully saturated rings. The molecule has 1 aliphatic rings. The highest BCUT2D eigenvalue weighted by atomic mass is 35.5. The number of rotatable bonds is 3. The molecule has 15 heavy (non-hydrogen) atoms. The summed E-state index contributed by atoms with van der Waals surface area (Å²) in [5.74, 6) is 2.34. The lowest BCUT2D eigenvalue weighted by molar-refractivity contribution is 0.688. The van der Waals surface area contributed by atoms with Crippen molar-refractivity contribution in [3.8, 4) is 0 Å². The highest BCUT2D eigenvalue weighted by molar-refractivity contribution is 7.97. The largest absolute Gasteiger partial charge is 0.237 e. The molecule has 0 spiro atoms. The van der Waals surface area contributed by atoms with E-state index in [4.69, 9.17) is 11.6 Å². The van der Waals surface area contributed by atoms with Gasteiger partial charge < -0.3 is 0 Å². The van der Waals surface area contributed by atoms with Gasteiger partial charge in [0.05, 0.1) is 5.75 Å². The summed E-state index contributed by atoms with van der Waals surface area (Å²) < 4.78 is 0. The quantitative estimate of drug-likeness (QED) is 0.757. The van der Waals surface area contributed by atoms with Crippen molar-refractivity contribution in [2.45, 2.75) is 37.4 Å². The summed E-state index contributed by atoms with van der Waals surface area (Å²) in [6, 6.07) is 1.93. The maximum Gasteiger partial charge on any atom is 0.140 e. The molecule has 1 aromatic rings. The molecule has 0 N–H and O–H groups in total. The first-order valence-corrected chi connectivity index (χ1v) is 7.09. The molecule has 0 atom stereocenters. The van der Waals surface area contributed by atoms with Crippen LogP contribution in [0.1, 0.15) is 43.1 Å². The molecule has 0 radical (unpaired) electrons. The monoisotopic (exact) mass is 242 g/mol. The number of hydrogen-bond acceptors (Lipinski definition) is 3.